The molecule has 0 atom stereocenters. The molecule has 1 aliphatic carbocycles. The van der Waals surface area contributed by atoms with Gasteiger partial charge in [0.1, 0.15) is 13.2 Å². The van der Waals surface area contributed by atoms with Crippen molar-refractivity contribution < 1.29 is 14.3 Å². The average molecular weight is 369 g/mol. The second-order valence-electron chi connectivity index (χ2n) is 6.80. The van der Waals surface area contributed by atoms with Crippen molar-refractivity contribution in [1.82, 2.24) is 0 Å². The van der Waals surface area contributed by atoms with Gasteiger partial charge in [0, 0.05) is 4.90 Å². The fourth-order valence-corrected chi connectivity index (χ4v) is 4.51. The lowest BCUT2D eigenvalue weighted by Crippen LogP contribution is -2.38. The number of benzene rings is 2. The van der Waals surface area contributed by atoms with E-state index in [0.29, 0.717) is 13.2 Å². The van der Waals surface area contributed by atoms with Gasteiger partial charge in [-0.05, 0) is 48.9 Å². The summed E-state index contributed by atoms with van der Waals surface area (Å²) in [5, 5.41) is 3.19. The number of amides is 1. The summed E-state index contributed by atoms with van der Waals surface area (Å²) < 4.78 is 11.4. The minimum atomic E-state index is -0.499. The summed E-state index contributed by atoms with van der Waals surface area (Å²) in [5.74, 6) is 1.59. The highest BCUT2D eigenvalue weighted by molar-refractivity contribution is 7.98. The molecule has 1 fully saturated rings. The number of fused-ring (bicyclic) bond motifs is 1. The maximum Gasteiger partial charge on any atom is 0.235 e. The van der Waals surface area contributed by atoms with Crippen molar-refractivity contribution in [2.45, 2.75) is 36.0 Å². The third-order valence-corrected chi connectivity index (χ3v) is 6.14. The Morgan fingerprint density at radius 2 is 1.77 bits per heavy atom. The molecule has 4 rings (SSSR count). The molecule has 1 amide bonds. The van der Waals surface area contributed by atoms with Gasteiger partial charge in [-0.2, -0.15) is 0 Å². The molecule has 26 heavy (non-hydrogen) atoms. The Bertz CT molecular complexity index is 815. The van der Waals surface area contributed by atoms with Gasteiger partial charge in [0.05, 0.1) is 11.1 Å². The first-order valence-electron chi connectivity index (χ1n) is 9.07. The summed E-state index contributed by atoms with van der Waals surface area (Å²) in [7, 11) is 0. The van der Waals surface area contributed by atoms with Gasteiger partial charge in [-0.15, -0.1) is 11.8 Å². The van der Waals surface area contributed by atoms with Crippen LogP contribution in [0.25, 0.3) is 0 Å². The predicted molar refractivity (Wildman–Crippen MR) is 104 cm³/mol. The quantitative estimate of drug-likeness (QED) is 0.798. The normalized spacial score (nSPS) is 17.7. The fraction of sp³-hybridized carbons (Fsp3) is 0.381. The minimum absolute atomic E-state index is 0.0770. The van der Waals surface area contributed by atoms with Crippen LogP contribution in [-0.4, -0.2) is 25.4 Å². The molecule has 5 heteroatoms. The SMILES string of the molecule is CSc1ccccc1NC(=O)C1(c2ccc3c(c2)OCCO3)CCCC1. The first kappa shape index (κ1) is 17.3. The van der Waals surface area contributed by atoms with Gasteiger partial charge in [-0.1, -0.05) is 31.0 Å². The van der Waals surface area contributed by atoms with E-state index in [1.165, 1.54) is 0 Å². The summed E-state index contributed by atoms with van der Waals surface area (Å²) in [6, 6.07) is 13.9. The largest absolute Gasteiger partial charge is 0.486 e. The van der Waals surface area contributed by atoms with Crippen LogP contribution < -0.4 is 14.8 Å². The molecule has 136 valence electrons. The zero-order chi connectivity index (χ0) is 18.0. The molecular weight excluding hydrogens is 346 g/mol. The van der Waals surface area contributed by atoms with Crippen LogP contribution in [-0.2, 0) is 10.2 Å². The Kier molecular flexibility index (Phi) is 4.81. The van der Waals surface area contributed by atoms with Gasteiger partial charge in [0.25, 0.3) is 0 Å². The predicted octanol–water partition coefficient (Wildman–Crippen LogP) is 4.63. The first-order valence-corrected chi connectivity index (χ1v) is 10.3. The van der Waals surface area contributed by atoms with Gasteiger partial charge in [0.15, 0.2) is 11.5 Å². The lowest BCUT2D eigenvalue weighted by atomic mass is 9.77. The molecule has 0 saturated heterocycles. The second-order valence-corrected chi connectivity index (χ2v) is 7.65. The van der Waals surface area contributed by atoms with Crippen LogP contribution in [0, 0.1) is 0 Å². The van der Waals surface area contributed by atoms with E-state index in [9.17, 15) is 4.79 Å². The molecule has 1 heterocycles. The molecular formula is C21H23NO3S. The lowest BCUT2D eigenvalue weighted by molar-refractivity contribution is -0.121. The van der Waals surface area contributed by atoms with Gasteiger partial charge < -0.3 is 14.8 Å². The Labute approximate surface area is 158 Å². The molecule has 0 spiro atoms. The third-order valence-electron chi connectivity index (χ3n) is 5.34. The molecule has 2 aromatic rings. The van der Waals surface area contributed by atoms with Crippen molar-refractivity contribution >= 4 is 23.4 Å². The van der Waals surface area contributed by atoms with Gasteiger partial charge >= 0.3 is 0 Å². The van der Waals surface area contributed by atoms with Gasteiger partial charge in [0.2, 0.25) is 5.91 Å². The molecule has 1 aliphatic heterocycles. The van der Waals surface area contributed by atoms with Crippen molar-refractivity contribution in [3.05, 3.63) is 48.0 Å². The smallest absolute Gasteiger partial charge is 0.235 e. The Hall–Kier alpha value is -2.14. The van der Waals surface area contributed by atoms with Crippen LogP contribution in [0.1, 0.15) is 31.2 Å². The van der Waals surface area contributed by atoms with Gasteiger partial charge in [-0.25, -0.2) is 0 Å². The zero-order valence-electron chi connectivity index (χ0n) is 14.9. The fourth-order valence-electron chi connectivity index (χ4n) is 3.96. The van der Waals surface area contributed by atoms with Crippen LogP contribution in [0.4, 0.5) is 5.69 Å². The molecule has 0 bridgehead atoms. The number of nitrogens with one attached hydrogen (secondary N) is 1. The van der Waals surface area contributed by atoms with E-state index >= 15 is 0 Å². The van der Waals surface area contributed by atoms with E-state index in [0.717, 1.165) is 53.3 Å². The number of hydrogen-bond donors (Lipinski definition) is 1. The number of carbonyl (C=O) groups is 1. The molecule has 0 unspecified atom stereocenters. The zero-order valence-corrected chi connectivity index (χ0v) is 15.7. The first-order chi connectivity index (χ1) is 12.7. The lowest BCUT2D eigenvalue weighted by Gasteiger charge is -2.30. The van der Waals surface area contributed by atoms with Crippen LogP contribution in [0.3, 0.4) is 0 Å². The van der Waals surface area contributed by atoms with Crippen molar-refractivity contribution in [2.24, 2.45) is 0 Å². The van der Waals surface area contributed by atoms with Crippen molar-refractivity contribution in [3.63, 3.8) is 0 Å². The number of anilines is 1. The monoisotopic (exact) mass is 369 g/mol. The van der Waals surface area contributed by atoms with Crippen molar-refractivity contribution in [1.29, 1.82) is 0 Å². The Balaban J connectivity index is 1.67. The highest BCUT2D eigenvalue weighted by atomic mass is 32.2. The number of ether oxygens (including phenoxy) is 2. The van der Waals surface area contributed by atoms with E-state index in [-0.39, 0.29) is 5.91 Å². The number of hydrogen-bond acceptors (Lipinski definition) is 4. The number of carbonyl (C=O) groups excluding carboxylic acids is 1. The molecule has 1 N–H and O–H groups in total. The standard InChI is InChI=1S/C21H23NO3S/c1-26-19-7-3-2-6-16(19)22-20(23)21(10-4-5-11-21)15-8-9-17-18(14-15)25-13-12-24-17/h2-3,6-9,14H,4-5,10-13H2,1H3,(H,22,23). The van der Waals surface area contributed by atoms with Crippen LogP contribution in [0.5, 0.6) is 11.5 Å². The molecule has 0 radical (unpaired) electrons. The summed E-state index contributed by atoms with van der Waals surface area (Å²) >= 11 is 1.64. The van der Waals surface area contributed by atoms with E-state index < -0.39 is 5.41 Å². The summed E-state index contributed by atoms with van der Waals surface area (Å²) in [6.07, 6.45) is 5.87. The van der Waals surface area contributed by atoms with Crippen LogP contribution in [0.15, 0.2) is 47.4 Å². The molecule has 0 aromatic heterocycles. The van der Waals surface area contributed by atoms with E-state index in [4.69, 9.17) is 9.47 Å². The number of rotatable bonds is 4. The topological polar surface area (TPSA) is 47.6 Å². The van der Waals surface area contributed by atoms with E-state index in [2.05, 4.69) is 5.32 Å². The highest BCUT2D eigenvalue weighted by Crippen LogP contribution is 2.45. The second kappa shape index (κ2) is 7.23. The third kappa shape index (κ3) is 3.05. The molecule has 1 saturated carbocycles. The molecule has 2 aliphatic rings. The number of para-hydroxylation sites is 1. The van der Waals surface area contributed by atoms with E-state index in [1.807, 2.05) is 48.7 Å². The average Bonchev–Trinajstić information content (AvgIpc) is 3.19. The van der Waals surface area contributed by atoms with Crippen molar-refractivity contribution in [2.75, 3.05) is 24.8 Å². The maximum absolute atomic E-state index is 13.4. The van der Waals surface area contributed by atoms with Crippen LogP contribution in [0.2, 0.25) is 0 Å². The Morgan fingerprint density at radius 1 is 1.04 bits per heavy atom. The Morgan fingerprint density at radius 3 is 2.54 bits per heavy atom. The van der Waals surface area contributed by atoms with Gasteiger partial charge in [-0.3, -0.25) is 4.79 Å². The number of thioether (sulfide) groups is 1. The highest BCUT2D eigenvalue weighted by Gasteiger charge is 2.43. The summed E-state index contributed by atoms with van der Waals surface area (Å²) in [6.45, 7) is 1.13. The van der Waals surface area contributed by atoms with E-state index in [1.54, 1.807) is 11.8 Å². The summed E-state index contributed by atoms with van der Waals surface area (Å²) in [4.78, 5) is 14.5. The minimum Gasteiger partial charge on any atom is -0.486 e. The molecule has 4 nitrogen and oxygen atoms in total. The van der Waals surface area contributed by atoms with Crippen LogP contribution >= 0.6 is 11.8 Å². The summed E-state index contributed by atoms with van der Waals surface area (Å²) in [5.41, 5.74) is 1.41. The molecule has 2 aromatic carbocycles. The maximum atomic E-state index is 13.4. The van der Waals surface area contributed by atoms with Crippen molar-refractivity contribution in [3.8, 4) is 11.5 Å².